The molecule has 2 bridgehead atoms. The molecule has 2 saturated carbocycles. The molecule has 1 spiro atoms. The van der Waals surface area contributed by atoms with Crippen molar-refractivity contribution in [1.29, 1.82) is 0 Å². The van der Waals surface area contributed by atoms with E-state index in [2.05, 4.69) is 29.9 Å². The van der Waals surface area contributed by atoms with Crippen LogP contribution in [-0.2, 0) is 32.0 Å². The third-order valence-corrected chi connectivity index (χ3v) is 10.8. The first-order valence-electron chi connectivity index (χ1n) is 13.7. The molecule has 2 aliphatic heterocycles. The Hall–Kier alpha value is -1.43. The number of halogens is 1. The van der Waals surface area contributed by atoms with Gasteiger partial charge in [-0.2, -0.15) is 4.98 Å². The van der Waals surface area contributed by atoms with Crippen molar-refractivity contribution in [3.05, 3.63) is 29.3 Å². The van der Waals surface area contributed by atoms with Crippen LogP contribution in [-0.4, -0.2) is 87.9 Å². The summed E-state index contributed by atoms with van der Waals surface area (Å²) in [6, 6.07) is -1.04. The summed E-state index contributed by atoms with van der Waals surface area (Å²) in [5, 5.41) is 11.4. The molecule has 6 heterocycles. The zero-order valence-electron chi connectivity index (χ0n) is 25.1. The van der Waals surface area contributed by atoms with Gasteiger partial charge in [0.15, 0.2) is 35.0 Å². The fourth-order valence-electron chi connectivity index (χ4n) is 6.74. The number of fused-ring (bicyclic) bond motifs is 4. The van der Waals surface area contributed by atoms with E-state index in [9.17, 15) is 28.8 Å². The van der Waals surface area contributed by atoms with Crippen LogP contribution in [0.1, 0.15) is 18.7 Å². The molecule has 2 saturated heterocycles. The minimum atomic E-state index is -5.35. The number of aliphatic hydroxyl groups excluding tert-OH is 1. The Labute approximate surface area is 311 Å². The fourth-order valence-corrected chi connectivity index (χ4v) is 8.67. The summed E-state index contributed by atoms with van der Waals surface area (Å²) < 4.78 is 71.1. The topological polar surface area (TPSA) is 306 Å². The van der Waals surface area contributed by atoms with E-state index in [0.717, 1.165) is 17.2 Å². The van der Waals surface area contributed by atoms with Gasteiger partial charge in [-0.3, -0.25) is 23.5 Å². The van der Waals surface area contributed by atoms with Crippen LogP contribution in [0.25, 0.3) is 22.3 Å². The van der Waals surface area contributed by atoms with Gasteiger partial charge in [-0.25, -0.2) is 24.3 Å². The van der Waals surface area contributed by atoms with E-state index in [0.29, 0.717) is 0 Å². The van der Waals surface area contributed by atoms with Crippen molar-refractivity contribution >= 4 is 49.7 Å². The van der Waals surface area contributed by atoms with Crippen LogP contribution < -0.4 is 85.9 Å². The molecule has 0 radical (unpaired) electrons. The molecule has 11 atom stereocenters. The Morgan fingerprint density at radius 3 is 2.46 bits per heavy atom. The quantitative estimate of drug-likeness (QED) is 0.110. The fraction of sp³-hybridized carbons (Fsp3) is 0.545. The molecular formula is C22H23FN10Na2O11P2. The first-order valence-corrected chi connectivity index (χ1v) is 16.6. The summed E-state index contributed by atoms with van der Waals surface area (Å²) in [7, 11) is -10.7. The smallest absolute Gasteiger partial charge is 0.756 e. The van der Waals surface area contributed by atoms with Crippen molar-refractivity contribution < 1.29 is 110 Å². The zero-order chi connectivity index (χ0) is 32.3. The van der Waals surface area contributed by atoms with Crippen LogP contribution in [0.3, 0.4) is 0 Å². The minimum Gasteiger partial charge on any atom is -0.756 e. The Morgan fingerprint density at radius 1 is 1.00 bits per heavy atom. The average Bonchev–Trinajstić information content (AvgIpc) is 3.24. The molecule has 6 N–H and O–H groups in total. The molecule has 4 fully saturated rings. The molecule has 3 unspecified atom stereocenters. The summed E-state index contributed by atoms with van der Waals surface area (Å²) in [6.07, 6.45) is -7.04. The first kappa shape index (κ1) is 36.4. The van der Waals surface area contributed by atoms with E-state index in [-0.39, 0.29) is 99.6 Å². The standard InChI is InChI=1S/C22H25FN10O11P2.2Na/c23-9-13-8(42-20(9)33-6-28-10-16(24)26-4-27-17(10)33)2-40-45(36,37)44-14-12(32-5-29-11-18(32)30-21(25)31-19(11)35)7-1-22(7,15(14)34)3-41-46(38,39)43-13;;/h4-9,12-15,20,34H,1-3H2,(H,36,37)(H,38,39)(H2,24,26,27)(H3,25,30,31,35);;/q;2*+1/p-2/t7-,8-,9-,12-,13-,14+,15+,20-,22?;;/m1../s1. The minimum absolute atomic E-state index is 0. The second kappa shape index (κ2) is 12.7. The van der Waals surface area contributed by atoms with Crippen molar-refractivity contribution in [2.24, 2.45) is 11.3 Å². The van der Waals surface area contributed by atoms with E-state index >= 15 is 4.39 Å². The number of H-pyrrole nitrogens is 1. The van der Waals surface area contributed by atoms with Crippen molar-refractivity contribution in [3.63, 3.8) is 0 Å². The van der Waals surface area contributed by atoms with E-state index < -0.39 is 88.6 Å². The number of alkyl halides is 1. The number of nitrogens with zero attached hydrogens (tertiary/aromatic N) is 7. The number of imidazole rings is 2. The second-order valence-electron chi connectivity index (χ2n) is 11.5. The number of nitrogens with one attached hydrogen (secondary N) is 1. The SMILES string of the molecule is Nc1nc2c(ncn2[C@H]2[C@@H]3OP(=O)([O-])OC[C@H]4O[C@@H](n5cnc6c(N)ncnc65)[C@H](F)[C@@H]4OP(=O)([O-])OCC4(C[C@H]24)[C@H]3O)c(=O)[nH]1.[Na+].[Na+]. The van der Waals surface area contributed by atoms with Gasteiger partial charge in [0.1, 0.15) is 30.2 Å². The number of aliphatic hydroxyl groups is 1. The van der Waals surface area contributed by atoms with Gasteiger partial charge in [0.2, 0.25) is 5.95 Å². The van der Waals surface area contributed by atoms with Crippen LogP contribution in [0, 0.1) is 11.3 Å². The average molecular weight is 730 g/mol. The first-order chi connectivity index (χ1) is 21.8. The number of ether oxygens (including phenoxy) is 1. The normalized spacial score (nSPS) is 39.3. The summed E-state index contributed by atoms with van der Waals surface area (Å²) >= 11 is 0. The Kier molecular flexibility index (Phi) is 9.59. The van der Waals surface area contributed by atoms with Gasteiger partial charge >= 0.3 is 59.1 Å². The van der Waals surface area contributed by atoms with Crippen LogP contribution in [0.5, 0.6) is 0 Å². The number of phosphoric acid groups is 2. The molecule has 26 heteroatoms. The van der Waals surface area contributed by atoms with Crippen molar-refractivity contribution in [3.8, 4) is 0 Å². The number of rotatable bonds is 2. The predicted molar refractivity (Wildman–Crippen MR) is 144 cm³/mol. The van der Waals surface area contributed by atoms with Crippen molar-refractivity contribution in [2.75, 3.05) is 24.7 Å². The van der Waals surface area contributed by atoms with Crippen LogP contribution in [0.15, 0.2) is 23.8 Å². The monoisotopic (exact) mass is 730 g/mol. The molecule has 8 rings (SSSR count). The molecule has 4 aliphatic rings. The van der Waals surface area contributed by atoms with Gasteiger partial charge in [-0.1, -0.05) is 0 Å². The van der Waals surface area contributed by atoms with E-state index in [1.54, 1.807) is 0 Å². The number of anilines is 2. The van der Waals surface area contributed by atoms with Gasteiger partial charge in [0.05, 0.1) is 38.0 Å². The van der Waals surface area contributed by atoms with Gasteiger partial charge in [0.25, 0.3) is 21.2 Å². The maximum absolute atomic E-state index is 15.9. The Balaban J connectivity index is 0.00000201. The van der Waals surface area contributed by atoms with E-state index in [1.165, 1.54) is 10.9 Å². The van der Waals surface area contributed by atoms with E-state index in [4.69, 9.17) is 34.3 Å². The maximum atomic E-state index is 15.9. The van der Waals surface area contributed by atoms with E-state index in [1.807, 2.05) is 0 Å². The molecule has 0 amide bonds. The van der Waals surface area contributed by atoms with Crippen LogP contribution >= 0.6 is 15.6 Å². The third-order valence-electron chi connectivity index (χ3n) is 8.92. The number of nitrogens with two attached hydrogens (primary N) is 2. The number of hydrogen-bond acceptors (Lipinski definition) is 18. The maximum Gasteiger partial charge on any atom is 1.00 e. The van der Waals surface area contributed by atoms with Gasteiger partial charge in [-0.15, -0.1) is 0 Å². The number of aromatic amines is 1. The molecule has 4 aromatic rings. The third kappa shape index (κ3) is 5.82. The summed E-state index contributed by atoms with van der Waals surface area (Å²) in [6.45, 7) is -1.64. The summed E-state index contributed by atoms with van der Waals surface area (Å²) in [5.74, 6) is -0.913. The van der Waals surface area contributed by atoms with Crippen LogP contribution in [0.2, 0.25) is 0 Å². The summed E-state index contributed by atoms with van der Waals surface area (Å²) in [5.41, 5.74) is 9.52. The van der Waals surface area contributed by atoms with Gasteiger partial charge < -0.3 is 53.8 Å². The van der Waals surface area contributed by atoms with Crippen molar-refractivity contribution in [2.45, 2.75) is 49.3 Å². The number of phosphoric ester groups is 2. The van der Waals surface area contributed by atoms with Gasteiger partial charge in [-0.05, 0) is 12.3 Å². The number of hydrogen-bond donors (Lipinski definition) is 4. The molecule has 0 aromatic carbocycles. The molecule has 48 heavy (non-hydrogen) atoms. The van der Waals surface area contributed by atoms with Crippen LogP contribution in [0.4, 0.5) is 16.2 Å². The van der Waals surface area contributed by atoms with Crippen molar-refractivity contribution in [1.82, 2.24) is 39.0 Å². The predicted octanol–water partition coefficient (Wildman–Crippen LogP) is -7.96. The largest absolute Gasteiger partial charge is 1.00 e. The molecule has 2 aliphatic carbocycles. The molecule has 4 aromatic heterocycles. The molecule has 246 valence electrons. The Bertz CT molecular complexity index is 2060. The molecular weight excluding hydrogens is 707 g/mol. The number of nitrogen functional groups attached to an aromatic ring is 2. The second-order valence-corrected chi connectivity index (χ2v) is 14.2. The Morgan fingerprint density at radius 2 is 1.69 bits per heavy atom. The van der Waals surface area contributed by atoms with Gasteiger partial charge in [0, 0.05) is 5.41 Å². The summed E-state index contributed by atoms with van der Waals surface area (Å²) in [4.78, 5) is 61.0. The molecule has 21 nitrogen and oxygen atoms in total. The number of aromatic nitrogens is 8. The zero-order valence-corrected chi connectivity index (χ0v) is 30.8.